The van der Waals surface area contributed by atoms with Crippen molar-refractivity contribution in [2.24, 2.45) is 0 Å². The SMILES string of the molecule is N#Cc1ccc(C#Cc2ccc(O)cc2)cc1F. The van der Waals surface area contributed by atoms with E-state index < -0.39 is 5.82 Å². The van der Waals surface area contributed by atoms with Crippen molar-refractivity contribution in [1.82, 2.24) is 0 Å². The molecular formula is C15H8FNO. The molecule has 0 fully saturated rings. The molecule has 0 saturated heterocycles. The minimum Gasteiger partial charge on any atom is -0.508 e. The van der Waals surface area contributed by atoms with E-state index in [1.54, 1.807) is 24.3 Å². The van der Waals surface area contributed by atoms with Crippen LogP contribution < -0.4 is 0 Å². The number of rotatable bonds is 0. The van der Waals surface area contributed by atoms with Crippen LogP contribution >= 0.6 is 0 Å². The number of nitriles is 1. The predicted octanol–water partition coefficient (Wildman–Crippen LogP) is 2.80. The summed E-state index contributed by atoms with van der Waals surface area (Å²) in [6, 6.07) is 12.4. The number of phenols is 1. The topological polar surface area (TPSA) is 44.0 Å². The van der Waals surface area contributed by atoms with Crippen molar-refractivity contribution in [2.75, 3.05) is 0 Å². The van der Waals surface area contributed by atoms with Crippen molar-refractivity contribution in [1.29, 1.82) is 5.26 Å². The zero-order valence-electron chi connectivity index (χ0n) is 9.31. The zero-order chi connectivity index (χ0) is 13.0. The minimum atomic E-state index is -0.574. The fourth-order valence-electron chi connectivity index (χ4n) is 1.37. The molecule has 1 N–H and O–H groups in total. The van der Waals surface area contributed by atoms with E-state index in [1.807, 2.05) is 0 Å². The molecule has 0 aliphatic rings. The van der Waals surface area contributed by atoms with Crippen molar-refractivity contribution < 1.29 is 9.50 Å². The summed E-state index contributed by atoms with van der Waals surface area (Å²) in [6.45, 7) is 0. The fraction of sp³-hybridized carbons (Fsp3) is 0. The van der Waals surface area contributed by atoms with Gasteiger partial charge in [-0.25, -0.2) is 4.39 Å². The van der Waals surface area contributed by atoms with Crippen molar-refractivity contribution in [3.8, 4) is 23.7 Å². The Bertz CT molecular complexity index is 672. The molecule has 2 aromatic rings. The summed E-state index contributed by atoms with van der Waals surface area (Å²) in [6.07, 6.45) is 0. The number of nitrogens with zero attached hydrogens (tertiary/aromatic N) is 1. The smallest absolute Gasteiger partial charge is 0.142 e. The predicted molar refractivity (Wildman–Crippen MR) is 65.2 cm³/mol. The second kappa shape index (κ2) is 5.03. The van der Waals surface area contributed by atoms with Crippen LogP contribution in [0.2, 0.25) is 0 Å². The molecule has 18 heavy (non-hydrogen) atoms. The fourth-order valence-corrected chi connectivity index (χ4v) is 1.37. The summed E-state index contributed by atoms with van der Waals surface area (Å²) in [5.41, 5.74) is 1.22. The van der Waals surface area contributed by atoms with Crippen molar-refractivity contribution >= 4 is 0 Å². The van der Waals surface area contributed by atoms with Gasteiger partial charge in [-0.3, -0.25) is 0 Å². The van der Waals surface area contributed by atoms with Gasteiger partial charge in [0.15, 0.2) is 0 Å². The number of aromatic hydroxyl groups is 1. The molecule has 0 spiro atoms. The standard InChI is InChI=1S/C15H8FNO/c16-15-9-12(3-6-13(15)10-17)2-1-11-4-7-14(18)8-5-11/h3-9,18H. The van der Waals surface area contributed by atoms with Crippen LogP contribution in [0.1, 0.15) is 16.7 Å². The monoisotopic (exact) mass is 237 g/mol. The molecule has 2 rings (SSSR count). The molecule has 3 heteroatoms. The summed E-state index contributed by atoms with van der Waals surface area (Å²) in [7, 11) is 0. The Morgan fingerprint density at radius 1 is 0.944 bits per heavy atom. The van der Waals surface area contributed by atoms with E-state index in [0.29, 0.717) is 5.56 Å². The number of phenolic OH excluding ortho intramolecular Hbond substituents is 1. The largest absolute Gasteiger partial charge is 0.508 e. The molecular weight excluding hydrogens is 229 g/mol. The zero-order valence-corrected chi connectivity index (χ0v) is 9.31. The summed E-state index contributed by atoms with van der Waals surface area (Å²) >= 11 is 0. The molecule has 0 heterocycles. The lowest BCUT2D eigenvalue weighted by Gasteiger charge is -1.94. The van der Waals surface area contributed by atoms with Crippen molar-refractivity contribution in [3.05, 3.63) is 65.0 Å². The lowest BCUT2D eigenvalue weighted by Crippen LogP contribution is -1.85. The number of benzene rings is 2. The summed E-state index contributed by atoms with van der Waals surface area (Å²) in [5.74, 6) is 5.23. The summed E-state index contributed by atoms with van der Waals surface area (Å²) in [5, 5.41) is 17.7. The third-order valence-corrected chi connectivity index (χ3v) is 2.31. The van der Waals surface area contributed by atoms with Gasteiger partial charge in [-0.15, -0.1) is 0 Å². The highest BCUT2D eigenvalue weighted by Gasteiger charge is 2.00. The van der Waals surface area contributed by atoms with Gasteiger partial charge < -0.3 is 5.11 Å². The van der Waals surface area contributed by atoms with Gasteiger partial charge in [-0.05, 0) is 42.5 Å². The van der Waals surface area contributed by atoms with Crippen LogP contribution in [0, 0.1) is 29.0 Å². The molecule has 0 bridgehead atoms. The normalized spacial score (nSPS) is 9.11. The Morgan fingerprint density at radius 2 is 1.56 bits per heavy atom. The number of hydrogen-bond donors (Lipinski definition) is 1. The van der Waals surface area contributed by atoms with E-state index in [4.69, 9.17) is 10.4 Å². The van der Waals surface area contributed by atoms with Crippen LogP contribution in [-0.2, 0) is 0 Å². The van der Waals surface area contributed by atoms with Gasteiger partial charge in [0.1, 0.15) is 17.6 Å². The molecule has 0 unspecified atom stereocenters. The summed E-state index contributed by atoms with van der Waals surface area (Å²) < 4.78 is 13.3. The van der Waals surface area contributed by atoms with Crippen LogP contribution in [-0.4, -0.2) is 5.11 Å². The van der Waals surface area contributed by atoms with E-state index in [9.17, 15) is 4.39 Å². The van der Waals surface area contributed by atoms with Gasteiger partial charge in [0.25, 0.3) is 0 Å². The van der Waals surface area contributed by atoms with E-state index in [-0.39, 0.29) is 11.3 Å². The lowest BCUT2D eigenvalue weighted by molar-refractivity contribution is 0.475. The third-order valence-electron chi connectivity index (χ3n) is 2.31. The van der Waals surface area contributed by atoms with Crippen molar-refractivity contribution in [3.63, 3.8) is 0 Å². The van der Waals surface area contributed by atoms with Gasteiger partial charge >= 0.3 is 0 Å². The van der Waals surface area contributed by atoms with Gasteiger partial charge in [0.05, 0.1) is 5.56 Å². The molecule has 0 radical (unpaired) electrons. The first-order chi connectivity index (χ1) is 8.69. The second-order valence-corrected chi connectivity index (χ2v) is 3.60. The lowest BCUT2D eigenvalue weighted by atomic mass is 10.1. The molecule has 0 atom stereocenters. The van der Waals surface area contributed by atoms with Crippen LogP contribution in [0.3, 0.4) is 0 Å². The molecule has 0 amide bonds. The van der Waals surface area contributed by atoms with Crippen molar-refractivity contribution in [2.45, 2.75) is 0 Å². The first-order valence-corrected chi connectivity index (χ1v) is 5.20. The first kappa shape index (κ1) is 11.7. The number of hydrogen-bond acceptors (Lipinski definition) is 2. The molecule has 0 aromatic heterocycles. The third kappa shape index (κ3) is 2.66. The molecule has 86 valence electrons. The van der Waals surface area contributed by atoms with E-state index in [1.165, 1.54) is 24.3 Å². The Labute approximate surface area is 104 Å². The van der Waals surface area contributed by atoms with E-state index in [0.717, 1.165) is 5.56 Å². The highest BCUT2D eigenvalue weighted by Crippen LogP contribution is 2.10. The van der Waals surface area contributed by atoms with Crippen LogP contribution in [0.25, 0.3) is 0 Å². The average molecular weight is 237 g/mol. The Balaban J connectivity index is 2.28. The Morgan fingerprint density at radius 3 is 2.17 bits per heavy atom. The molecule has 0 aliphatic heterocycles. The average Bonchev–Trinajstić information content (AvgIpc) is 2.38. The maximum absolute atomic E-state index is 13.3. The highest BCUT2D eigenvalue weighted by atomic mass is 19.1. The van der Waals surface area contributed by atoms with Gasteiger partial charge in [0, 0.05) is 11.1 Å². The maximum Gasteiger partial charge on any atom is 0.142 e. The van der Waals surface area contributed by atoms with Gasteiger partial charge in [-0.1, -0.05) is 11.8 Å². The van der Waals surface area contributed by atoms with Crippen LogP contribution in [0.15, 0.2) is 42.5 Å². The highest BCUT2D eigenvalue weighted by molar-refractivity contribution is 5.46. The maximum atomic E-state index is 13.3. The molecule has 0 aliphatic carbocycles. The van der Waals surface area contributed by atoms with E-state index >= 15 is 0 Å². The first-order valence-electron chi connectivity index (χ1n) is 5.20. The molecule has 2 aromatic carbocycles. The summed E-state index contributed by atoms with van der Waals surface area (Å²) in [4.78, 5) is 0. The number of halogens is 1. The Hall–Kier alpha value is -2.78. The second-order valence-electron chi connectivity index (χ2n) is 3.60. The van der Waals surface area contributed by atoms with Gasteiger partial charge in [0.2, 0.25) is 0 Å². The quantitative estimate of drug-likeness (QED) is 0.716. The Kier molecular flexibility index (Phi) is 3.27. The molecule has 2 nitrogen and oxygen atoms in total. The molecule has 0 saturated carbocycles. The van der Waals surface area contributed by atoms with Crippen LogP contribution in [0.4, 0.5) is 4.39 Å². The van der Waals surface area contributed by atoms with Crippen LogP contribution in [0.5, 0.6) is 5.75 Å². The van der Waals surface area contributed by atoms with E-state index in [2.05, 4.69) is 11.8 Å². The minimum absolute atomic E-state index is 0.00480. The van der Waals surface area contributed by atoms with Gasteiger partial charge in [-0.2, -0.15) is 5.26 Å².